The van der Waals surface area contributed by atoms with Gasteiger partial charge in [-0.2, -0.15) is 0 Å². The number of hydrogen-bond acceptors (Lipinski definition) is 3. The third kappa shape index (κ3) is 2.55. The Labute approximate surface area is 92.5 Å². The predicted molar refractivity (Wildman–Crippen MR) is 57.0 cm³/mol. The Hall–Kier alpha value is -1.39. The molecule has 3 nitrogen and oxygen atoms in total. The Morgan fingerprint density at radius 1 is 1.27 bits per heavy atom. The summed E-state index contributed by atoms with van der Waals surface area (Å²) in [6.07, 6.45) is 0. The maximum absolute atomic E-state index is 12.6. The fourth-order valence-corrected chi connectivity index (χ4v) is 1.17. The minimum absolute atomic E-state index is 0. The van der Waals surface area contributed by atoms with Crippen LogP contribution in [0.5, 0.6) is 0 Å². The fourth-order valence-electron chi connectivity index (χ4n) is 1.17. The van der Waals surface area contributed by atoms with Crippen LogP contribution in [0.15, 0.2) is 34.9 Å². The number of nitrogens with two attached hydrogens (primary N) is 1. The van der Waals surface area contributed by atoms with Crippen LogP contribution in [0.2, 0.25) is 0 Å². The van der Waals surface area contributed by atoms with Crippen LogP contribution in [0.1, 0.15) is 5.76 Å². The van der Waals surface area contributed by atoms with E-state index in [1.807, 2.05) is 0 Å². The highest BCUT2D eigenvalue weighted by Crippen LogP contribution is 2.18. The van der Waals surface area contributed by atoms with Gasteiger partial charge in [0.25, 0.3) is 0 Å². The number of halogens is 2. The van der Waals surface area contributed by atoms with E-state index in [1.54, 1.807) is 18.2 Å². The molecule has 2 aromatic rings. The van der Waals surface area contributed by atoms with Gasteiger partial charge in [0, 0.05) is 11.6 Å². The standard InChI is InChI=1S/C10H9FN2O.ClH/c11-8-3-1-7(2-4-8)10-5-9(6-12)14-13-10;/h1-5H,6,12H2;1H. The first-order valence-electron chi connectivity index (χ1n) is 4.21. The smallest absolute Gasteiger partial charge is 0.150 e. The molecule has 2 N–H and O–H groups in total. The lowest BCUT2D eigenvalue weighted by Crippen LogP contribution is -1.92. The van der Waals surface area contributed by atoms with Crippen molar-refractivity contribution in [2.45, 2.75) is 6.54 Å². The van der Waals surface area contributed by atoms with Crippen LogP contribution in [-0.4, -0.2) is 5.16 Å². The van der Waals surface area contributed by atoms with Crippen LogP contribution in [0.25, 0.3) is 11.3 Å². The van der Waals surface area contributed by atoms with Gasteiger partial charge in [-0.05, 0) is 24.3 Å². The van der Waals surface area contributed by atoms with Gasteiger partial charge in [0.2, 0.25) is 0 Å². The molecule has 1 aromatic heterocycles. The summed E-state index contributed by atoms with van der Waals surface area (Å²) >= 11 is 0. The summed E-state index contributed by atoms with van der Waals surface area (Å²) in [6.45, 7) is 0.314. The number of nitrogens with zero attached hydrogens (tertiary/aromatic N) is 1. The highest BCUT2D eigenvalue weighted by atomic mass is 35.5. The maximum Gasteiger partial charge on any atom is 0.150 e. The van der Waals surface area contributed by atoms with Crippen LogP contribution in [-0.2, 0) is 6.54 Å². The minimum Gasteiger partial charge on any atom is -0.359 e. The van der Waals surface area contributed by atoms with E-state index in [4.69, 9.17) is 10.3 Å². The monoisotopic (exact) mass is 228 g/mol. The molecule has 0 aliphatic heterocycles. The maximum atomic E-state index is 12.6. The second kappa shape index (κ2) is 4.91. The zero-order valence-corrected chi connectivity index (χ0v) is 8.63. The first-order chi connectivity index (χ1) is 6.79. The van der Waals surface area contributed by atoms with E-state index in [0.29, 0.717) is 18.0 Å². The van der Waals surface area contributed by atoms with Crippen LogP contribution >= 0.6 is 12.4 Å². The van der Waals surface area contributed by atoms with Gasteiger partial charge in [-0.1, -0.05) is 5.16 Å². The second-order valence-corrected chi connectivity index (χ2v) is 2.89. The molecule has 0 spiro atoms. The summed E-state index contributed by atoms with van der Waals surface area (Å²) in [6, 6.07) is 7.80. The van der Waals surface area contributed by atoms with Crippen molar-refractivity contribution in [3.63, 3.8) is 0 Å². The summed E-state index contributed by atoms with van der Waals surface area (Å²) in [5.41, 5.74) is 6.86. The van der Waals surface area contributed by atoms with Crippen molar-refractivity contribution in [2.75, 3.05) is 0 Å². The average molecular weight is 229 g/mol. The fraction of sp³-hybridized carbons (Fsp3) is 0.100. The van der Waals surface area contributed by atoms with Gasteiger partial charge in [0.05, 0.1) is 6.54 Å². The van der Waals surface area contributed by atoms with Crippen molar-refractivity contribution in [1.82, 2.24) is 5.16 Å². The van der Waals surface area contributed by atoms with E-state index in [1.165, 1.54) is 12.1 Å². The van der Waals surface area contributed by atoms with Crippen molar-refractivity contribution in [3.05, 3.63) is 41.9 Å². The number of benzene rings is 1. The van der Waals surface area contributed by atoms with Crippen LogP contribution < -0.4 is 5.73 Å². The first kappa shape index (κ1) is 11.7. The minimum atomic E-state index is -0.267. The van der Waals surface area contributed by atoms with Gasteiger partial charge < -0.3 is 10.3 Å². The molecule has 5 heteroatoms. The van der Waals surface area contributed by atoms with E-state index < -0.39 is 0 Å². The van der Waals surface area contributed by atoms with Crippen LogP contribution in [0.4, 0.5) is 4.39 Å². The zero-order chi connectivity index (χ0) is 9.97. The molecule has 0 amide bonds. The Morgan fingerprint density at radius 2 is 1.93 bits per heavy atom. The van der Waals surface area contributed by atoms with Crippen LogP contribution in [0.3, 0.4) is 0 Å². The van der Waals surface area contributed by atoms with Crippen molar-refractivity contribution in [3.8, 4) is 11.3 Å². The highest BCUT2D eigenvalue weighted by Gasteiger charge is 2.04. The zero-order valence-electron chi connectivity index (χ0n) is 7.81. The van der Waals surface area contributed by atoms with E-state index in [-0.39, 0.29) is 18.2 Å². The summed E-state index contributed by atoms with van der Waals surface area (Å²) in [5, 5.41) is 3.81. The molecule has 2 rings (SSSR count). The predicted octanol–water partition coefficient (Wildman–Crippen LogP) is 2.36. The average Bonchev–Trinajstić information content (AvgIpc) is 2.67. The van der Waals surface area contributed by atoms with E-state index >= 15 is 0 Å². The largest absolute Gasteiger partial charge is 0.359 e. The molecule has 0 unspecified atom stereocenters. The topological polar surface area (TPSA) is 52.0 Å². The molecule has 0 aliphatic rings. The molecule has 1 heterocycles. The van der Waals surface area contributed by atoms with Crippen molar-refractivity contribution in [2.24, 2.45) is 5.73 Å². The molecule has 0 aliphatic carbocycles. The van der Waals surface area contributed by atoms with Gasteiger partial charge in [0.1, 0.15) is 11.5 Å². The van der Waals surface area contributed by atoms with E-state index in [9.17, 15) is 4.39 Å². The molecular formula is C10H10ClFN2O. The summed E-state index contributed by atoms with van der Waals surface area (Å²) in [7, 11) is 0. The summed E-state index contributed by atoms with van der Waals surface area (Å²) < 4.78 is 17.5. The van der Waals surface area contributed by atoms with Gasteiger partial charge in [-0.15, -0.1) is 12.4 Å². The van der Waals surface area contributed by atoms with E-state index in [0.717, 1.165) is 5.56 Å². The number of rotatable bonds is 2. The summed E-state index contributed by atoms with van der Waals surface area (Å²) in [4.78, 5) is 0. The molecular weight excluding hydrogens is 219 g/mol. The van der Waals surface area contributed by atoms with Crippen molar-refractivity contribution < 1.29 is 8.91 Å². The molecule has 0 bridgehead atoms. The molecule has 80 valence electrons. The Kier molecular flexibility index (Phi) is 3.82. The van der Waals surface area contributed by atoms with Gasteiger partial charge >= 0.3 is 0 Å². The lowest BCUT2D eigenvalue weighted by atomic mass is 10.1. The van der Waals surface area contributed by atoms with Gasteiger partial charge in [-0.3, -0.25) is 0 Å². The van der Waals surface area contributed by atoms with Crippen molar-refractivity contribution >= 4 is 12.4 Å². The normalized spacial score (nSPS) is 9.73. The first-order valence-corrected chi connectivity index (χ1v) is 4.21. The van der Waals surface area contributed by atoms with E-state index in [2.05, 4.69) is 5.16 Å². The Morgan fingerprint density at radius 3 is 2.47 bits per heavy atom. The quantitative estimate of drug-likeness (QED) is 0.859. The molecule has 15 heavy (non-hydrogen) atoms. The lowest BCUT2D eigenvalue weighted by Gasteiger charge is -1.93. The van der Waals surface area contributed by atoms with Crippen LogP contribution in [0, 0.1) is 5.82 Å². The third-order valence-electron chi connectivity index (χ3n) is 1.90. The molecule has 0 radical (unpaired) electrons. The molecule has 0 saturated heterocycles. The SMILES string of the molecule is Cl.NCc1cc(-c2ccc(F)cc2)no1. The highest BCUT2D eigenvalue weighted by molar-refractivity contribution is 5.85. The Bertz CT molecular complexity index is 427. The van der Waals surface area contributed by atoms with Crippen molar-refractivity contribution in [1.29, 1.82) is 0 Å². The molecule has 0 saturated carbocycles. The van der Waals surface area contributed by atoms with Gasteiger partial charge in [0.15, 0.2) is 5.76 Å². The summed E-state index contributed by atoms with van der Waals surface area (Å²) in [5.74, 6) is 0.348. The van der Waals surface area contributed by atoms with Gasteiger partial charge in [-0.25, -0.2) is 4.39 Å². The Balaban J connectivity index is 0.00000112. The molecule has 1 aromatic carbocycles. The third-order valence-corrected chi connectivity index (χ3v) is 1.90. The number of aromatic nitrogens is 1. The molecule has 0 atom stereocenters. The number of hydrogen-bond donors (Lipinski definition) is 1. The molecule has 0 fully saturated rings. The second-order valence-electron chi connectivity index (χ2n) is 2.89. The lowest BCUT2D eigenvalue weighted by molar-refractivity contribution is 0.387.